The number of hydrogen-bond acceptors (Lipinski definition) is 4. The normalized spacial score (nSPS) is 10.2. The van der Waals surface area contributed by atoms with Crippen LogP contribution in [0.15, 0.2) is 48.7 Å². The molecule has 122 valence electrons. The molecule has 5 nitrogen and oxygen atoms in total. The summed E-state index contributed by atoms with van der Waals surface area (Å²) >= 11 is 0. The summed E-state index contributed by atoms with van der Waals surface area (Å²) in [5.74, 6) is 1.37. The topological polar surface area (TPSA) is 54.5 Å². The lowest BCUT2D eigenvalue weighted by Crippen LogP contribution is -2.21. The van der Waals surface area contributed by atoms with Crippen molar-refractivity contribution in [3.63, 3.8) is 0 Å². The van der Waals surface area contributed by atoms with E-state index < -0.39 is 0 Å². The number of carbonyl (C=O) groups is 1. The van der Waals surface area contributed by atoms with E-state index in [1.165, 1.54) is 0 Å². The van der Waals surface area contributed by atoms with Gasteiger partial charge in [-0.15, -0.1) is 0 Å². The number of nitrogens with one attached hydrogen (secondary N) is 1. The fourth-order valence-corrected chi connectivity index (χ4v) is 2.06. The third-order valence-corrected chi connectivity index (χ3v) is 3.38. The minimum absolute atomic E-state index is 0.0256. The molecule has 0 saturated heterocycles. The fraction of sp³-hybridized carbons (Fsp3) is 0.333. The number of hydrogen-bond donors (Lipinski definition) is 1. The molecular weight excluding hydrogens is 290 g/mol. The molecule has 1 heterocycles. The van der Waals surface area contributed by atoms with E-state index in [2.05, 4.69) is 22.1 Å². The molecule has 2 aromatic rings. The van der Waals surface area contributed by atoms with E-state index in [0.29, 0.717) is 11.4 Å². The number of anilines is 2. The van der Waals surface area contributed by atoms with E-state index in [0.717, 1.165) is 25.2 Å². The number of aromatic nitrogens is 1. The minimum Gasteiger partial charge on any atom is -0.484 e. The standard InChI is InChI=1S/C18H23N3O2/c1-3-4-12-21(2)17-11-10-15(13-19-17)20-18(22)14-23-16-8-6-5-7-9-16/h5-11,13H,3-4,12,14H2,1-2H3,(H,20,22). The predicted octanol–water partition coefficient (Wildman–Crippen LogP) is 3.34. The molecule has 0 radical (unpaired) electrons. The minimum atomic E-state index is -0.206. The summed E-state index contributed by atoms with van der Waals surface area (Å²) in [6.45, 7) is 3.11. The van der Waals surface area contributed by atoms with Crippen LogP contribution in [-0.2, 0) is 4.79 Å². The number of unbranched alkanes of at least 4 members (excludes halogenated alkanes) is 1. The van der Waals surface area contributed by atoms with Gasteiger partial charge in [0.1, 0.15) is 11.6 Å². The Kier molecular flexibility index (Phi) is 6.41. The highest BCUT2D eigenvalue weighted by Gasteiger charge is 2.06. The molecule has 0 saturated carbocycles. The van der Waals surface area contributed by atoms with E-state index in [-0.39, 0.29) is 12.5 Å². The zero-order chi connectivity index (χ0) is 16.5. The van der Waals surface area contributed by atoms with Crippen LogP contribution >= 0.6 is 0 Å². The number of nitrogens with zero attached hydrogens (tertiary/aromatic N) is 2. The molecule has 0 aliphatic heterocycles. The third kappa shape index (κ3) is 5.62. The smallest absolute Gasteiger partial charge is 0.262 e. The van der Waals surface area contributed by atoms with Crippen LogP contribution in [0.1, 0.15) is 19.8 Å². The van der Waals surface area contributed by atoms with Crippen molar-refractivity contribution in [3.8, 4) is 5.75 Å². The summed E-state index contributed by atoms with van der Waals surface area (Å²) in [5.41, 5.74) is 0.666. The zero-order valence-corrected chi connectivity index (χ0v) is 13.7. The van der Waals surface area contributed by atoms with Gasteiger partial charge in [-0.25, -0.2) is 4.98 Å². The lowest BCUT2D eigenvalue weighted by atomic mass is 10.3. The van der Waals surface area contributed by atoms with Gasteiger partial charge >= 0.3 is 0 Å². The molecule has 1 aromatic carbocycles. The van der Waals surface area contributed by atoms with Gasteiger partial charge in [0.15, 0.2) is 6.61 Å². The quantitative estimate of drug-likeness (QED) is 0.812. The Morgan fingerprint density at radius 1 is 1.22 bits per heavy atom. The molecule has 0 bridgehead atoms. The van der Waals surface area contributed by atoms with Crippen LogP contribution in [0, 0.1) is 0 Å². The fourth-order valence-electron chi connectivity index (χ4n) is 2.06. The third-order valence-electron chi connectivity index (χ3n) is 3.38. The number of carbonyl (C=O) groups excluding carboxylic acids is 1. The van der Waals surface area contributed by atoms with Gasteiger partial charge in [-0.05, 0) is 30.7 Å². The van der Waals surface area contributed by atoms with Gasteiger partial charge in [0.2, 0.25) is 0 Å². The summed E-state index contributed by atoms with van der Waals surface area (Å²) < 4.78 is 5.41. The van der Waals surface area contributed by atoms with Gasteiger partial charge in [0.25, 0.3) is 5.91 Å². The molecule has 2 rings (SSSR count). The van der Waals surface area contributed by atoms with Crippen LogP contribution in [0.2, 0.25) is 0 Å². The van der Waals surface area contributed by atoms with Crippen LogP contribution in [-0.4, -0.2) is 31.1 Å². The first-order valence-electron chi connectivity index (χ1n) is 7.84. The van der Waals surface area contributed by atoms with Crippen LogP contribution in [0.5, 0.6) is 5.75 Å². The Balaban J connectivity index is 1.82. The van der Waals surface area contributed by atoms with Crippen molar-refractivity contribution in [2.45, 2.75) is 19.8 Å². The monoisotopic (exact) mass is 313 g/mol. The molecule has 0 fully saturated rings. The summed E-state index contributed by atoms with van der Waals surface area (Å²) in [7, 11) is 2.02. The van der Waals surface area contributed by atoms with E-state index in [9.17, 15) is 4.79 Å². The summed E-state index contributed by atoms with van der Waals surface area (Å²) in [6.07, 6.45) is 3.95. The maximum absolute atomic E-state index is 11.9. The Bertz CT molecular complexity index is 599. The van der Waals surface area contributed by atoms with Crippen LogP contribution in [0.3, 0.4) is 0 Å². The van der Waals surface area contributed by atoms with Crippen LogP contribution < -0.4 is 15.0 Å². The maximum atomic E-state index is 11.9. The van der Waals surface area contributed by atoms with E-state index in [1.807, 2.05) is 49.5 Å². The molecule has 1 aromatic heterocycles. The number of benzene rings is 1. The van der Waals surface area contributed by atoms with Crippen molar-refractivity contribution >= 4 is 17.4 Å². The summed E-state index contributed by atoms with van der Waals surface area (Å²) in [5, 5.41) is 2.78. The second-order valence-corrected chi connectivity index (χ2v) is 5.33. The van der Waals surface area contributed by atoms with E-state index >= 15 is 0 Å². The van der Waals surface area contributed by atoms with Gasteiger partial charge in [0, 0.05) is 13.6 Å². The van der Waals surface area contributed by atoms with E-state index in [4.69, 9.17) is 4.74 Å². The predicted molar refractivity (Wildman–Crippen MR) is 93.0 cm³/mol. The van der Waals surface area contributed by atoms with Gasteiger partial charge < -0.3 is 15.0 Å². The molecule has 0 unspecified atom stereocenters. The SMILES string of the molecule is CCCCN(C)c1ccc(NC(=O)COc2ccccc2)cn1. The molecule has 0 aliphatic rings. The number of pyridine rings is 1. The average molecular weight is 313 g/mol. The molecule has 0 atom stereocenters. The van der Waals surface area contributed by atoms with Crippen molar-refractivity contribution in [2.75, 3.05) is 30.4 Å². The van der Waals surface area contributed by atoms with Crippen molar-refractivity contribution in [2.24, 2.45) is 0 Å². The number of rotatable bonds is 8. The van der Waals surface area contributed by atoms with Crippen molar-refractivity contribution < 1.29 is 9.53 Å². The van der Waals surface area contributed by atoms with Gasteiger partial charge in [-0.2, -0.15) is 0 Å². The highest BCUT2D eigenvalue weighted by atomic mass is 16.5. The number of para-hydroxylation sites is 1. The first kappa shape index (κ1) is 16.8. The lowest BCUT2D eigenvalue weighted by Gasteiger charge is -2.17. The van der Waals surface area contributed by atoms with Crippen LogP contribution in [0.25, 0.3) is 0 Å². The second kappa shape index (κ2) is 8.78. The molecule has 0 spiro atoms. The highest BCUT2D eigenvalue weighted by molar-refractivity contribution is 5.91. The van der Waals surface area contributed by atoms with Crippen molar-refractivity contribution in [1.29, 1.82) is 0 Å². The van der Waals surface area contributed by atoms with Crippen LogP contribution in [0.4, 0.5) is 11.5 Å². The molecular formula is C18H23N3O2. The van der Waals surface area contributed by atoms with Crippen molar-refractivity contribution in [3.05, 3.63) is 48.7 Å². The summed E-state index contributed by atoms with van der Waals surface area (Å²) in [4.78, 5) is 18.3. The number of amides is 1. The molecule has 1 amide bonds. The molecule has 0 aliphatic carbocycles. The van der Waals surface area contributed by atoms with Crippen molar-refractivity contribution in [1.82, 2.24) is 4.98 Å². The lowest BCUT2D eigenvalue weighted by molar-refractivity contribution is -0.118. The first-order chi connectivity index (χ1) is 11.2. The Morgan fingerprint density at radius 2 is 2.00 bits per heavy atom. The molecule has 5 heteroatoms. The summed E-state index contributed by atoms with van der Waals surface area (Å²) in [6, 6.07) is 13.0. The average Bonchev–Trinajstić information content (AvgIpc) is 2.59. The second-order valence-electron chi connectivity index (χ2n) is 5.33. The highest BCUT2D eigenvalue weighted by Crippen LogP contribution is 2.14. The van der Waals surface area contributed by atoms with Gasteiger partial charge in [-0.1, -0.05) is 31.5 Å². The Labute approximate surface area is 137 Å². The maximum Gasteiger partial charge on any atom is 0.262 e. The van der Waals surface area contributed by atoms with Gasteiger partial charge in [0.05, 0.1) is 11.9 Å². The van der Waals surface area contributed by atoms with Gasteiger partial charge in [-0.3, -0.25) is 4.79 Å². The van der Waals surface area contributed by atoms with E-state index in [1.54, 1.807) is 6.20 Å². The first-order valence-corrected chi connectivity index (χ1v) is 7.84. The molecule has 1 N–H and O–H groups in total. The number of ether oxygens (including phenoxy) is 1. The Morgan fingerprint density at radius 3 is 2.65 bits per heavy atom. The largest absolute Gasteiger partial charge is 0.484 e. The zero-order valence-electron chi connectivity index (χ0n) is 13.7. The Hall–Kier alpha value is -2.56. The molecule has 23 heavy (non-hydrogen) atoms.